The van der Waals surface area contributed by atoms with Gasteiger partial charge in [-0.05, 0) is 28.5 Å². The average molecular weight is 343 g/mol. The van der Waals surface area contributed by atoms with Crippen LogP contribution in [-0.4, -0.2) is 35.3 Å². The zero-order valence-corrected chi connectivity index (χ0v) is 12.4. The monoisotopic (exact) mass is 342 g/mol. The van der Waals surface area contributed by atoms with Crippen molar-refractivity contribution in [1.29, 1.82) is 0 Å². The first-order valence-corrected chi connectivity index (χ1v) is 6.71. The minimum atomic E-state index is -0.582. The minimum Gasteiger partial charge on any atom is -0.379 e. The highest BCUT2D eigenvalue weighted by Crippen LogP contribution is 2.19. The van der Waals surface area contributed by atoms with E-state index >= 15 is 0 Å². The van der Waals surface area contributed by atoms with Crippen molar-refractivity contribution in [3.63, 3.8) is 0 Å². The summed E-state index contributed by atoms with van der Waals surface area (Å²) in [6.07, 6.45) is 0. The van der Waals surface area contributed by atoms with Gasteiger partial charge in [-0.2, -0.15) is 0 Å². The smallest absolute Gasteiger partial charge is 0.319 e. The fraction of sp³-hybridized carbons (Fsp3) is 0.167. The summed E-state index contributed by atoms with van der Waals surface area (Å²) >= 11 is 5.60. The van der Waals surface area contributed by atoms with Crippen LogP contribution < -0.4 is 21.7 Å². The third-order valence-corrected chi connectivity index (χ3v) is 2.89. The van der Waals surface area contributed by atoms with Crippen LogP contribution in [0.5, 0.6) is 0 Å². The van der Waals surface area contributed by atoms with E-state index in [2.05, 4.69) is 30.9 Å². The summed E-state index contributed by atoms with van der Waals surface area (Å²) in [7, 11) is 0. The van der Waals surface area contributed by atoms with Crippen LogP contribution >= 0.6 is 11.6 Å². The van der Waals surface area contributed by atoms with Crippen LogP contribution in [-0.2, 0) is 0 Å². The van der Waals surface area contributed by atoms with Crippen molar-refractivity contribution in [3.05, 3.63) is 34.7 Å². The molecule has 1 heterocycles. The molecule has 0 radical (unpaired) electrons. The van der Waals surface area contributed by atoms with Gasteiger partial charge in [0.1, 0.15) is 5.82 Å². The standard InChI is InChI=1S/C12H12ClFN6O3/c13-7-5-6(1-2-8(7)14)18-12(22)17-4-3-16-11(21)9-10(15)20-23-19-9/h1-2,5H,3-4H2,(H2,15,20)(H,16,21)(H2,17,18,22). The summed E-state index contributed by atoms with van der Waals surface area (Å²) in [5, 5.41) is 13.9. The van der Waals surface area contributed by atoms with Crippen molar-refractivity contribution in [1.82, 2.24) is 20.9 Å². The molecular weight excluding hydrogens is 331 g/mol. The SMILES string of the molecule is Nc1nonc1C(=O)NCCNC(=O)Nc1ccc(F)c(Cl)c1. The first-order valence-electron chi connectivity index (χ1n) is 6.33. The summed E-state index contributed by atoms with van der Waals surface area (Å²) in [4.78, 5) is 23.2. The Morgan fingerprint density at radius 2 is 2.00 bits per heavy atom. The van der Waals surface area contributed by atoms with Gasteiger partial charge < -0.3 is 21.7 Å². The molecule has 5 N–H and O–H groups in total. The van der Waals surface area contributed by atoms with Crippen LogP contribution in [0.1, 0.15) is 10.5 Å². The lowest BCUT2D eigenvalue weighted by atomic mass is 10.3. The third-order valence-electron chi connectivity index (χ3n) is 2.60. The molecule has 0 aliphatic rings. The van der Waals surface area contributed by atoms with Gasteiger partial charge in [0, 0.05) is 18.8 Å². The summed E-state index contributed by atoms with van der Waals surface area (Å²) < 4.78 is 17.3. The Morgan fingerprint density at radius 3 is 2.65 bits per heavy atom. The molecule has 0 spiro atoms. The normalized spacial score (nSPS) is 10.2. The van der Waals surface area contributed by atoms with Gasteiger partial charge in [0.15, 0.2) is 0 Å². The quantitative estimate of drug-likeness (QED) is 0.598. The molecule has 122 valence electrons. The molecular formula is C12H12ClFN6O3. The first-order chi connectivity index (χ1) is 11.0. The van der Waals surface area contributed by atoms with Gasteiger partial charge in [-0.25, -0.2) is 13.8 Å². The van der Waals surface area contributed by atoms with Crippen molar-refractivity contribution in [2.75, 3.05) is 24.1 Å². The minimum absolute atomic E-state index is 0.103. The van der Waals surface area contributed by atoms with Crippen LogP contribution in [0.3, 0.4) is 0 Å². The first kappa shape index (κ1) is 16.5. The molecule has 0 aliphatic heterocycles. The van der Waals surface area contributed by atoms with Gasteiger partial charge >= 0.3 is 6.03 Å². The molecule has 23 heavy (non-hydrogen) atoms. The molecule has 0 bridgehead atoms. The number of aromatic nitrogens is 2. The number of halogens is 2. The Kier molecular flexibility index (Phi) is 5.31. The van der Waals surface area contributed by atoms with E-state index < -0.39 is 17.8 Å². The average Bonchev–Trinajstić information content (AvgIpc) is 2.93. The van der Waals surface area contributed by atoms with Crippen molar-refractivity contribution in [2.24, 2.45) is 0 Å². The number of nitrogens with two attached hydrogens (primary N) is 1. The molecule has 0 aliphatic carbocycles. The number of amides is 3. The van der Waals surface area contributed by atoms with E-state index in [1.54, 1.807) is 0 Å². The largest absolute Gasteiger partial charge is 0.379 e. The van der Waals surface area contributed by atoms with Gasteiger partial charge in [-0.15, -0.1) is 0 Å². The van der Waals surface area contributed by atoms with Crippen molar-refractivity contribution in [2.45, 2.75) is 0 Å². The molecule has 0 fully saturated rings. The number of hydrogen-bond donors (Lipinski definition) is 4. The number of benzene rings is 1. The van der Waals surface area contributed by atoms with E-state index in [0.29, 0.717) is 5.69 Å². The van der Waals surface area contributed by atoms with Gasteiger partial charge in [0.2, 0.25) is 11.5 Å². The predicted octanol–water partition coefficient (Wildman–Crippen LogP) is 0.996. The second-order valence-corrected chi connectivity index (χ2v) is 4.67. The van der Waals surface area contributed by atoms with Crippen LogP contribution in [0.15, 0.2) is 22.8 Å². The molecule has 9 nitrogen and oxygen atoms in total. The highest BCUT2D eigenvalue weighted by atomic mass is 35.5. The highest BCUT2D eigenvalue weighted by molar-refractivity contribution is 6.31. The topological polar surface area (TPSA) is 135 Å². The Bertz CT molecular complexity index is 723. The highest BCUT2D eigenvalue weighted by Gasteiger charge is 2.15. The summed E-state index contributed by atoms with van der Waals surface area (Å²) in [5.74, 6) is -1.28. The Labute approximate surface area is 134 Å². The Hall–Kier alpha value is -2.88. The molecule has 2 rings (SSSR count). The second kappa shape index (κ2) is 7.40. The number of nitrogen functional groups attached to an aromatic ring is 1. The van der Waals surface area contributed by atoms with E-state index in [-0.39, 0.29) is 29.6 Å². The number of urea groups is 1. The maximum atomic E-state index is 13.0. The van der Waals surface area contributed by atoms with Crippen molar-refractivity contribution < 1.29 is 18.6 Å². The Morgan fingerprint density at radius 1 is 1.26 bits per heavy atom. The molecule has 0 atom stereocenters. The predicted molar refractivity (Wildman–Crippen MR) is 79.5 cm³/mol. The lowest BCUT2D eigenvalue weighted by Gasteiger charge is -2.08. The molecule has 11 heteroatoms. The van der Waals surface area contributed by atoms with Crippen molar-refractivity contribution >= 4 is 35.0 Å². The molecule has 2 aromatic rings. The number of anilines is 2. The zero-order valence-electron chi connectivity index (χ0n) is 11.6. The fourth-order valence-corrected chi connectivity index (χ4v) is 1.72. The van der Waals surface area contributed by atoms with Crippen LogP contribution in [0.25, 0.3) is 0 Å². The van der Waals surface area contributed by atoms with E-state index in [9.17, 15) is 14.0 Å². The molecule has 0 saturated carbocycles. The van der Waals surface area contributed by atoms with Crippen LogP contribution in [0.2, 0.25) is 5.02 Å². The number of carbonyl (C=O) groups is 2. The van der Waals surface area contributed by atoms with E-state index in [1.165, 1.54) is 12.1 Å². The van der Waals surface area contributed by atoms with Crippen LogP contribution in [0.4, 0.5) is 20.7 Å². The van der Waals surface area contributed by atoms with Gasteiger partial charge in [0.05, 0.1) is 5.02 Å². The molecule has 3 amide bonds. The molecule has 0 unspecified atom stereocenters. The lowest BCUT2D eigenvalue weighted by molar-refractivity contribution is 0.0944. The third kappa shape index (κ3) is 4.54. The fourth-order valence-electron chi connectivity index (χ4n) is 1.54. The number of carbonyl (C=O) groups excluding carboxylic acids is 2. The summed E-state index contributed by atoms with van der Waals surface area (Å²) in [6, 6.07) is 3.24. The number of hydrogen-bond acceptors (Lipinski definition) is 6. The van der Waals surface area contributed by atoms with Gasteiger partial charge in [-0.3, -0.25) is 4.79 Å². The summed E-state index contributed by atoms with van der Waals surface area (Å²) in [6.45, 7) is 0.264. The second-order valence-electron chi connectivity index (χ2n) is 4.26. The number of nitrogens with one attached hydrogen (secondary N) is 3. The van der Waals surface area contributed by atoms with Gasteiger partial charge in [0.25, 0.3) is 5.91 Å². The van der Waals surface area contributed by atoms with E-state index in [4.69, 9.17) is 17.3 Å². The lowest BCUT2D eigenvalue weighted by Crippen LogP contribution is -2.37. The zero-order chi connectivity index (χ0) is 16.8. The Balaban J connectivity index is 1.71. The number of rotatable bonds is 5. The maximum Gasteiger partial charge on any atom is 0.319 e. The van der Waals surface area contributed by atoms with Gasteiger partial charge in [-0.1, -0.05) is 11.6 Å². The van der Waals surface area contributed by atoms with E-state index in [1.807, 2.05) is 0 Å². The van der Waals surface area contributed by atoms with Crippen molar-refractivity contribution in [3.8, 4) is 0 Å². The maximum absolute atomic E-state index is 13.0. The summed E-state index contributed by atoms with van der Waals surface area (Å²) in [5.41, 5.74) is 5.56. The molecule has 1 aromatic heterocycles. The van der Waals surface area contributed by atoms with E-state index in [0.717, 1.165) is 6.07 Å². The molecule has 0 saturated heterocycles. The number of nitrogens with zero attached hydrogens (tertiary/aromatic N) is 2. The molecule has 1 aromatic carbocycles. The van der Waals surface area contributed by atoms with Crippen LogP contribution in [0, 0.1) is 5.82 Å².